The van der Waals surface area contributed by atoms with Crippen molar-refractivity contribution in [2.45, 2.75) is 13.8 Å². The van der Waals surface area contributed by atoms with E-state index in [1.165, 1.54) is 0 Å². The van der Waals surface area contributed by atoms with E-state index in [4.69, 9.17) is 0 Å². The molecule has 1 aromatic heterocycles. The van der Waals surface area contributed by atoms with Gasteiger partial charge in [0, 0.05) is 41.3 Å². The Bertz CT molecular complexity index is 337. The Morgan fingerprint density at radius 1 is 0.706 bits per heavy atom. The molecule has 1 aromatic rings. The van der Waals surface area contributed by atoms with Gasteiger partial charge in [0.2, 0.25) is 17.8 Å². The van der Waals surface area contributed by atoms with Crippen LogP contribution in [0.5, 0.6) is 0 Å². The molecule has 0 spiro atoms. The lowest BCUT2D eigenvalue weighted by Gasteiger charge is -2.21. The highest BCUT2D eigenvalue weighted by Gasteiger charge is 2.12. The quantitative estimate of drug-likeness (QED) is 0.758. The van der Waals surface area contributed by atoms with Gasteiger partial charge in [-0.05, 0) is 13.8 Å². The SMILES string of the molecule is CCN(C)c1nc(N(C)C)nc(N(C)CC)n1. The molecule has 0 saturated heterocycles. The Labute approximate surface area is 103 Å². The van der Waals surface area contributed by atoms with Gasteiger partial charge in [-0.3, -0.25) is 0 Å². The van der Waals surface area contributed by atoms with Crippen LogP contribution in [0.2, 0.25) is 0 Å². The van der Waals surface area contributed by atoms with Gasteiger partial charge < -0.3 is 14.7 Å². The van der Waals surface area contributed by atoms with Gasteiger partial charge in [-0.25, -0.2) is 0 Å². The summed E-state index contributed by atoms with van der Waals surface area (Å²) in [6, 6.07) is 0. The predicted octanol–water partition coefficient (Wildman–Crippen LogP) is 0.850. The number of hydrogen-bond acceptors (Lipinski definition) is 6. The maximum atomic E-state index is 4.46. The second-order valence-electron chi connectivity index (χ2n) is 4.16. The van der Waals surface area contributed by atoms with Crippen LogP contribution in [0.4, 0.5) is 17.8 Å². The Kier molecular flexibility index (Phi) is 4.48. The average Bonchev–Trinajstić information content (AvgIpc) is 2.36. The fourth-order valence-electron chi connectivity index (χ4n) is 1.17. The molecule has 1 rings (SSSR count). The third-order valence-corrected chi connectivity index (χ3v) is 2.63. The van der Waals surface area contributed by atoms with Crippen LogP contribution >= 0.6 is 0 Å². The van der Waals surface area contributed by atoms with Gasteiger partial charge in [-0.2, -0.15) is 15.0 Å². The zero-order valence-corrected chi connectivity index (χ0v) is 11.6. The normalized spacial score (nSPS) is 10.2. The molecule has 0 saturated carbocycles. The van der Waals surface area contributed by atoms with E-state index in [2.05, 4.69) is 28.8 Å². The molecule has 0 amide bonds. The van der Waals surface area contributed by atoms with Crippen LogP contribution in [-0.2, 0) is 0 Å². The molecule has 17 heavy (non-hydrogen) atoms. The van der Waals surface area contributed by atoms with E-state index in [-0.39, 0.29) is 0 Å². The van der Waals surface area contributed by atoms with Gasteiger partial charge in [0.25, 0.3) is 0 Å². The summed E-state index contributed by atoms with van der Waals surface area (Å²) in [6.45, 7) is 5.88. The van der Waals surface area contributed by atoms with Crippen molar-refractivity contribution in [3.8, 4) is 0 Å². The summed E-state index contributed by atoms with van der Waals surface area (Å²) in [6.07, 6.45) is 0. The highest BCUT2D eigenvalue weighted by molar-refractivity contribution is 5.44. The second-order valence-corrected chi connectivity index (χ2v) is 4.16. The summed E-state index contributed by atoms with van der Waals surface area (Å²) in [5, 5.41) is 0. The first-order valence-corrected chi connectivity index (χ1v) is 5.85. The van der Waals surface area contributed by atoms with Crippen molar-refractivity contribution in [3.05, 3.63) is 0 Å². The first-order chi connectivity index (χ1) is 7.99. The van der Waals surface area contributed by atoms with Crippen molar-refractivity contribution in [1.82, 2.24) is 15.0 Å². The van der Waals surface area contributed by atoms with E-state index in [0.29, 0.717) is 17.8 Å². The van der Waals surface area contributed by atoms with Crippen molar-refractivity contribution < 1.29 is 0 Å². The second kappa shape index (κ2) is 5.65. The molecule has 6 nitrogen and oxygen atoms in total. The summed E-state index contributed by atoms with van der Waals surface area (Å²) in [7, 11) is 7.82. The lowest BCUT2D eigenvalue weighted by Crippen LogP contribution is -2.26. The van der Waals surface area contributed by atoms with Gasteiger partial charge in [-0.1, -0.05) is 0 Å². The molecule has 0 radical (unpaired) electrons. The van der Waals surface area contributed by atoms with Crippen LogP contribution < -0.4 is 14.7 Å². The zero-order valence-electron chi connectivity index (χ0n) is 11.6. The van der Waals surface area contributed by atoms with Crippen molar-refractivity contribution in [1.29, 1.82) is 0 Å². The maximum absolute atomic E-state index is 4.46. The zero-order chi connectivity index (χ0) is 13.0. The molecule has 0 bridgehead atoms. The van der Waals surface area contributed by atoms with Crippen molar-refractivity contribution in [3.63, 3.8) is 0 Å². The third-order valence-electron chi connectivity index (χ3n) is 2.63. The van der Waals surface area contributed by atoms with E-state index < -0.39 is 0 Å². The minimum Gasteiger partial charge on any atom is -0.347 e. The molecule has 0 aliphatic carbocycles. The predicted molar refractivity (Wildman–Crippen MR) is 72.0 cm³/mol. The van der Waals surface area contributed by atoms with E-state index in [0.717, 1.165) is 13.1 Å². The van der Waals surface area contributed by atoms with Crippen LogP contribution in [0.1, 0.15) is 13.8 Å². The molecule has 6 heteroatoms. The molecule has 0 fully saturated rings. The van der Waals surface area contributed by atoms with Gasteiger partial charge in [0.1, 0.15) is 0 Å². The molecule has 0 N–H and O–H groups in total. The summed E-state index contributed by atoms with van der Waals surface area (Å²) in [4.78, 5) is 19.2. The Morgan fingerprint density at radius 2 is 1.06 bits per heavy atom. The number of anilines is 3. The molecule has 0 unspecified atom stereocenters. The average molecular weight is 238 g/mol. The van der Waals surface area contributed by atoms with E-state index >= 15 is 0 Å². The first-order valence-electron chi connectivity index (χ1n) is 5.85. The van der Waals surface area contributed by atoms with Crippen LogP contribution in [0, 0.1) is 0 Å². The van der Waals surface area contributed by atoms with E-state index in [1.807, 2.05) is 42.9 Å². The molecule has 1 heterocycles. The fraction of sp³-hybridized carbons (Fsp3) is 0.727. The summed E-state index contributed by atoms with van der Waals surface area (Å²) in [5.41, 5.74) is 0. The van der Waals surface area contributed by atoms with Crippen LogP contribution in [0.15, 0.2) is 0 Å². The minimum atomic E-state index is 0.686. The monoisotopic (exact) mass is 238 g/mol. The number of nitrogens with zero attached hydrogens (tertiary/aromatic N) is 6. The molecule has 96 valence electrons. The number of hydrogen-bond donors (Lipinski definition) is 0. The molecule has 0 atom stereocenters. The number of aromatic nitrogens is 3. The third kappa shape index (κ3) is 3.18. The fourth-order valence-corrected chi connectivity index (χ4v) is 1.17. The van der Waals surface area contributed by atoms with E-state index in [1.54, 1.807) is 0 Å². The smallest absolute Gasteiger partial charge is 0.231 e. The van der Waals surface area contributed by atoms with Crippen LogP contribution in [0.3, 0.4) is 0 Å². The number of rotatable bonds is 5. The highest BCUT2D eigenvalue weighted by atomic mass is 15.4. The summed E-state index contributed by atoms with van der Waals surface area (Å²) < 4.78 is 0. The van der Waals surface area contributed by atoms with E-state index in [9.17, 15) is 0 Å². The Morgan fingerprint density at radius 3 is 1.35 bits per heavy atom. The molecule has 0 aliphatic rings. The minimum absolute atomic E-state index is 0.686. The Hall–Kier alpha value is -1.59. The van der Waals surface area contributed by atoms with Crippen molar-refractivity contribution in [2.75, 3.05) is 56.0 Å². The topological polar surface area (TPSA) is 48.4 Å². The van der Waals surface area contributed by atoms with Crippen LogP contribution in [-0.4, -0.2) is 56.2 Å². The highest BCUT2D eigenvalue weighted by Crippen LogP contribution is 2.15. The molecular weight excluding hydrogens is 216 g/mol. The van der Waals surface area contributed by atoms with Crippen molar-refractivity contribution >= 4 is 17.8 Å². The van der Waals surface area contributed by atoms with Gasteiger partial charge >= 0.3 is 0 Å². The van der Waals surface area contributed by atoms with Crippen LogP contribution in [0.25, 0.3) is 0 Å². The Balaban J connectivity index is 3.18. The lowest BCUT2D eigenvalue weighted by molar-refractivity contribution is 0.830. The first kappa shape index (κ1) is 13.5. The van der Waals surface area contributed by atoms with Crippen molar-refractivity contribution in [2.24, 2.45) is 0 Å². The molecule has 0 aromatic carbocycles. The van der Waals surface area contributed by atoms with Gasteiger partial charge in [-0.15, -0.1) is 0 Å². The van der Waals surface area contributed by atoms with Gasteiger partial charge in [0.05, 0.1) is 0 Å². The molecule has 0 aliphatic heterocycles. The lowest BCUT2D eigenvalue weighted by atomic mass is 10.6. The summed E-state index contributed by atoms with van der Waals surface area (Å²) in [5.74, 6) is 2.11. The maximum Gasteiger partial charge on any atom is 0.231 e. The summed E-state index contributed by atoms with van der Waals surface area (Å²) >= 11 is 0. The van der Waals surface area contributed by atoms with Gasteiger partial charge in [0.15, 0.2) is 0 Å². The standard InChI is InChI=1S/C11H22N6/c1-7-16(5)10-12-9(15(3)4)13-11(14-10)17(6)8-2/h7-8H2,1-6H3. The molecular formula is C11H22N6. The largest absolute Gasteiger partial charge is 0.347 e.